The monoisotopic (exact) mass is 371 g/mol. The molecular formula is C23H35N2O2+. The van der Waals surface area contributed by atoms with E-state index in [1.54, 1.807) is 0 Å². The molecule has 4 nitrogen and oxygen atoms in total. The molecule has 148 valence electrons. The number of esters is 1. The van der Waals surface area contributed by atoms with Gasteiger partial charge in [0.2, 0.25) is 0 Å². The summed E-state index contributed by atoms with van der Waals surface area (Å²) in [6, 6.07) is 7.97. The van der Waals surface area contributed by atoms with Crippen LogP contribution in [0.3, 0.4) is 0 Å². The van der Waals surface area contributed by atoms with Gasteiger partial charge in [-0.3, -0.25) is 0 Å². The minimum atomic E-state index is -0.323. The standard InChI is InChI=1S/C23H35N2O2/c1-7-22-24(6)19-10-8-9-11-20(19)25(22)17(5)23(26)27-21-14-16(4)12-13-18(21)15(2)3/h8-11,15-18,21H,7,12-14H2,1-6H3/q+1/t16-,17+,18+,21-/m1/s1. The van der Waals surface area contributed by atoms with Crippen LogP contribution in [0.1, 0.15) is 65.7 Å². The summed E-state index contributed by atoms with van der Waals surface area (Å²) in [5, 5.41) is 0. The third-order valence-corrected chi connectivity index (χ3v) is 6.44. The Balaban J connectivity index is 1.88. The molecule has 1 aromatic carbocycles. The van der Waals surface area contributed by atoms with Gasteiger partial charge >= 0.3 is 5.97 Å². The molecule has 1 aliphatic rings. The number of imidazole rings is 1. The summed E-state index contributed by atoms with van der Waals surface area (Å²) in [7, 11) is 2.08. The van der Waals surface area contributed by atoms with E-state index in [0.29, 0.717) is 17.8 Å². The summed E-state index contributed by atoms with van der Waals surface area (Å²) in [5.74, 6) is 2.70. The van der Waals surface area contributed by atoms with E-state index in [1.165, 1.54) is 6.42 Å². The van der Waals surface area contributed by atoms with E-state index in [4.69, 9.17) is 4.74 Å². The highest BCUT2D eigenvalue weighted by atomic mass is 16.5. The zero-order valence-corrected chi connectivity index (χ0v) is 17.7. The minimum absolute atomic E-state index is 0.0457. The molecule has 27 heavy (non-hydrogen) atoms. The highest BCUT2D eigenvalue weighted by molar-refractivity contribution is 5.79. The lowest BCUT2D eigenvalue weighted by Crippen LogP contribution is -2.38. The van der Waals surface area contributed by atoms with E-state index < -0.39 is 0 Å². The highest BCUT2D eigenvalue weighted by Gasteiger charge is 2.37. The van der Waals surface area contributed by atoms with Crippen molar-refractivity contribution < 1.29 is 14.1 Å². The first-order chi connectivity index (χ1) is 12.8. The molecule has 2 aromatic rings. The van der Waals surface area contributed by atoms with Gasteiger partial charge in [-0.2, -0.15) is 0 Å². The smallest absolute Gasteiger partial charge is 0.351 e. The number of hydrogen-bond acceptors (Lipinski definition) is 2. The number of nitrogens with zero attached hydrogens (tertiary/aromatic N) is 2. The van der Waals surface area contributed by atoms with Gasteiger partial charge in [-0.1, -0.05) is 46.2 Å². The van der Waals surface area contributed by atoms with Gasteiger partial charge < -0.3 is 4.74 Å². The fourth-order valence-electron chi connectivity index (χ4n) is 4.83. The number of para-hydroxylation sites is 2. The van der Waals surface area contributed by atoms with Crippen LogP contribution in [-0.4, -0.2) is 16.6 Å². The van der Waals surface area contributed by atoms with Gasteiger partial charge in [-0.05, 0) is 49.7 Å². The number of carbonyl (C=O) groups excluding carboxylic acids is 1. The van der Waals surface area contributed by atoms with Crippen molar-refractivity contribution in [3.8, 4) is 0 Å². The molecule has 1 aromatic heterocycles. The molecule has 4 heteroatoms. The zero-order valence-electron chi connectivity index (χ0n) is 17.7. The molecule has 0 radical (unpaired) electrons. The first-order valence-corrected chi connectivity index (χ1v) is 10.5. The van der Waals surface area contributed by atoms with Crippen molar-refractivity contribution in [2.45, 2.75) is 72.4 Å². The Bertz CT molecular complexity index is 808. The normalized spacial score (nSPS) is 24.3. The molecule has 1 heterocycles. The van der Waals surface area contributed by atoms with Crippen molar-refractivity contribution in [2.75, 3.05) is 0 Å². The SMILES string of the molecule is CCc1n([C@@H](C)C(=O)O[C@@H]2C[C@H](C)CC[C@H]2C(C)C)c2ccccc2[n+]1C. The number of rotatable bonds is 5. The summed E-state index contributed by atoms with van der Waals surface area (Å²) < 4.78 is 10.5. The Morgan fingerprint density at radius 2 is 1.96 bits per heavy atom. The first-order valence-electron chi connectivity index (χ1n) is 10.5. The summed E-state index contributed by atoms with van der Waals surface area (Å²) >= 11 is 0. The Morgan fingerprint density at radius 3 is 2.63 bits per heavy atom. The van der Waals surface area contributed by atoms with Gasteiger partial charge in [0.05, 0.1) is 7.05 Å². The first kappa shape index (κ1) is 19.9. The van der Waals surface area contributed by atoms with Crippen molar-refractivity contribution in [2.24, 2.45) is 24.8 Å². The molecule has 0 unspecified atom stereocenters. The van der Waals surface area contributed by atoms with Crippen LogP contribution >= 0.6 is 0 Å². The van der Waals surface area contributed by atoms with Gasteiger partial charge in [0.1, 0.15) is 6.10 Å². The lowest BCUT2D eigenvalue weighted by atomic mass is 9.75. The van der Waals surface area contributed by atoms with Crippen LogP contribution in [0.2, 0.25) is 0 Å². The fraction of sp³-hybridized carbons (Fsp3) is 0.652. The maximum absolute atomic E-state index is 13.2. The third-order valence-electron chi connectivity index (χ3n) is 6.44. The van der Waals surface area contributed by atoms with Gasteiger partial charge in [-0.25, -0.2) is 13.9 Å². The van der Waals surface area contributed by atoms with E-state index in [0.717, 1.165) is 36.1 Å². The number of aromatic nitrogens is 2. The molecule has 0 saturated heterocycles. The van der Waals surface area contributed by atoms with Crippen molar-refractivity contribution in [3.63, 3.8) is 0 Å². The van der Waals surface area contributed by atoms with Crippen LogP contribution < -0.4 is 4.57 Å². The Morgan fingerprint density at radius 1 is 1.26 bits per heavy atom. The predicted molar refractivity (Wildman–Crippen MR) is 108 cm³/mol. The number of benzene rings is 1. The molecule has 3 rings (SSSR count). The van der Waals surface area contributed by atoms with E-state index >= 15 is 0 Å². The number of aryl methyl sites for hydroxylation is 1. The molecule has 4 atom stereocenters. The van der Waals surface area contributed by atoms with Crippen molar-refractivity contribution in [1.82, 2.24) is 4.57 Å². The summed E-state index contributed by atoms with van der Waals surface area (Å²) in [5.41, 5.74) is 2.25. The van der Waals surface area contributed by atoms with Gasteiger partial charge in [-0.15, -0.1) is 0 Å². The van der Waals surface area contributed by atoms with Crippen LogP contribution in [0.15, 0.2) is 24.3 Å². The van der Waals surface area contributed by atoms with Crippen LogP contribution in [0.4, 0.5) is 0 Å². The maximum Gasteiger partial charge on any atom is 0.351 e. The Labute approximate surface area is 163 Å². The molecule has 0 bridgehead atoms. The molecule has 0 aliphatic heterocycles. The molecule has 0 N–H and O–H groups in total. The molecule has 1 aliphatic carbocycles. The Hall–Kier alpha value is -1.84. The fourth-order valence-corrected chi connectivity index (χ4v) is 4.83. The number of hydrogen-bond donors (Lipinski definition) is 0. The van der Waals surface area contributed by atoms with Crippen LogP contribution in [0.5, 0.6) is 0 Å². The molecule has 0 spiro atoms. The average molecular weight is 372 g/mol. The zero-order chi connectivity index (χ0) is 19.7. The van der Waals surface area contributed by atoms with E-state index in [9.17, 15) is 4.79 Å². The molecule has 0 amide bonds. The van der Waals surface area contributed by atoms with Gasteiger partial charge in [0.15, 0.2) is 17.1 Å². The number of ether oxygens (including phenoxy) is 1. The predicted octanol–water partition coefficient (Wildman–Crippen LogP) is 4.59. The summed E-state index contributed by atoms with van der Waals surface area (Å²) in [4.78, 5) is 13.2. The van der Waals surface area contributed by atoms with Crippen LogP contribution in [-0.2, 0) is 23.0 Å². The topological polar surface area (TPSA) is 35.1 Å². The largest absolute Gasteiger partial charge is 0.459 e. The number of carbonyl (C=O) groups is 1. The highest BCUT2D eigenvalue weighted by Crippen LogP contribution is 2.36. The van der Waals surface area contributed by atoms with E-state index in [2.05, 4.69) is 56.0 Å². The number of fused-ring (bicyclic) bond motifs is 1. The van der Waals surface area contributed by atoms with Crippen LogP contribution in [0, 0.1) is 17.8 Å². The van der Waals surface area contributed by atoms with Crippen molar-refractivity contribution in [3.05, 3.63) is 30.1 Å². The minimum Gasteiger partial charge on any atom is -0.459 e. The summed E-state index contributed by atoms with van der Waals surface area (Å²) in [6.07, 6.45) is 4.31. The second-order valence-corrected chi connectivity index (χ2v) is 8.66. The van der Waals surface area contributed by atoms with Crippen molar-refractivity contribution in [1.29, 1.82) is 0 Å². The quantitative estimate of drug-likeness (QED) is 0.569. The van der Waals surface area contributed by atoms with E-state index in [1.807, 2.05) is 19.1 Å². The third kappa shape index (κ3) is 3.76. The van der Waals surface area contributed by atoms with Gasteiger partial charge in [0, 0.05) is 6.42 Å². The lowest BCUT2D eigenvalue weighted by Gasteiger charge is -2.37. The second kappa shape index (κ2) is 8.04. The second-order valence-electron chi connectivity index (χ2n) is 8.66. The molecular weight excluding hydrogens is 336 g/mol. The lowest BCUT2D eigenvalue weighted by molar-refractivity contribution is -0.654. The molecule has 1 saturated carbocycles. The Kier molecular flexibility index (Phi) is 5.92. The molecule has 1 fully saturated rings. The van der Waals surface area contributed by atoms with Crippen molar-refractivity contribution >= 4 is 17.0 Å². The maximum atomic E-state index is 13.2. The average Bonchev–Trinajstić information content (AvgIpc) is 2.93. The van der Waals surface area contributed by atoms with Crippen LogP contribution in [0.25, 0.3) is 11.0 Å². The van der Waals surface area contributed by atoms with E-state index in [-0.39, 0.29) is 18.1 Å². The summed E-state index contributed by atoms with van der Waals surface area (Å²) in [6.45, 7) is 10.9. The van der Waals surface area contributed by atoms with Gasteiger partial charge in [0.25, 0.3) is 5.82 Å².